The van der Waals surface area contributed by atoms with Gasteiger partial charge in [0.25, 0.3) is 5.91 Å². The summed E-state index contributed by atoms with van der Waals surface area (Å²) in [4.78, 5) is 20.0. The summed E-state index contributed by atoms with van der Waals surface area (Å²) >= 11 is 0. The summed E-state index contributed by atoms with van der Waals surface area (Å²) in [6.45, 7) is 2.22. The number of aromatic amines is 1. The highest BCUT2D eigenvalue weighted by Crippen LogP contribution is 2.38. The minimum absolute atomic E-state index is 0.00609. The molecule has 4 nitrogen and oxygen atoms in total. The molecule has 148 valence electrons. The summed E-state index contributed by atoms with van der Waals surface area (Å²) in [5.74, 6) is -0.316. The van der Waals surface area contributed by atoms with Crippen LogP contribution in [0.1, 0.15) is 66.1 Å². The Morgan fingerprint density at radius 1 is 0.897 bits per heavy atom. The fourth-order valence-electron chi connectivity index (χ4n) is 3.98. The molecule has 4 heteroatoms. The van der Waals surface area contributed by atoms with Gasteiger partial charge in [-0.1, -0.05) is 81.1 Å². The number of carbonyl (C=O) groups is 1. The van der Waals surface area contributed by atoms with Crippen molar-refractivity contribution in [3.05, 3.63) is 76.9 Å². The summed E-state index contributed by atoms with van der Waals surface area (Å²) in [5, 5.41) is 10.6. The van der Waals surface area contributed by atoms with Crippen LogP contribution in [-0.4, -0.2) is 21.7 Å². The first kappa shape index (κ1) is 19.2. The van der Waals surface area contributed by atoms with Crippen molar-refractivity contribution in [1.82, 2.24) is 4.98 Å². The molecule has 2 aromatic carbocycles. The third-order valence-corrected chi connectivity index (χ3v) is 5.48. The molecular weight excluding hydrogens is 360 g/mol. The Balaban J connectivity index is 1.61. The zero-order valence-electron chi connectivity index (χ0n) is 16.7. The first-order valence-electron chi connectivity index (χ1n) is 10.4. The second kappa shape index (κ2) is 8.48. The first-order chi connectivity index (χ1) is 14.2. The number of hydrogen-bond donors (Lipinski definition) is 2. The topological polar surface area (TPSA) is 65.4 Å². The van der Waals surface area contributed by atoms with Gasteiger partial charge in [-0.15, -0.1) is 0 Å². The maximum atomic E-state index is 12.7. The van der Waals surface area contributed by atoms with Crippen LogP contribution in [0.15, 0.2) is 59.6 Å². The molecule has 0 aliphatic carbocycles. The van der Waals surface area contributed by atoms with Gasteiger partial charge in [-0.05, 0) is 30.0 Å². The van der Waals surface area contributed by atoms with Crippen molar-refractivity contribution in [2.24, 2.45) is 4.99 Å². The zero-order valence-corrected chi connectivity index (χ0v) is 16.7. The smallest absolute Gasteiger partial charge is 0.280 e. The molecule has 0 radical (unpaired) electrons. The number of rotatable bonds is 8. The number of aromatic hydroxyl groups is 1. The van der Waals surface area contributed by atoms with E-state index in [2.05, 4.69) is 29.0 Å². The number of aliphatic imine (C=N–C) groups is 1. The predicted molar refractivity (Wildman–Crippen MR) is 117 cm³/mol. The van der Waals surface area contributed by atoms with Crippen molar-refractivity contribution in [3.8, 4) is 17.1 Å². The number of hydrogen-bond acceptors (Lipinski definition) is 2. The van der Waals surface area contributed by atoms with Gasteiger partial charge in [0.15, 0.2) is 5.88 Å². The van der Waals surface area contributed by atoms with Crippen molar-refractivity contribution in [1.29, 1.82) is 0 Å². The molecule has 3 aromatic rings. The number of nitrogens with zero attached hydrogens (tertiary/aromatic N) is 1. The van der Waals surface area contributed by atoms with E-state index in [4.69, 9.17) is 0 Å². The Bertz CT molecular complexity index is 1050. The number of benzene rings is 2. The number of amides is 1. The first-order valence-corrected chi connectivity index (χ1v) is 10.4. The van der Waals surface area contributed by atoms with Gasteiger partial charge in [-0.3, -0.25) is 4.79 Å². The molecule has 1 amide bonds. The molecule has 0 unspecified atom stereocenters. The van der Waals surface area contributed by atoms with Crippen molar-refractivity contribution in [2.45, 2.75) is 45.4 Å². The molecule has 2 heterocycles. The molecule has 4 rings (SSSR count). The van der Waals surface area contributed by atoms with Crippen LogP contribution in [0.3, 0.4) is 0 Å². The molecule has 1 aromatic heterocycles. The van der Waals surface area contributed by atoms with E-state index in [9.17, 15) is 9.90 Å². The van der Waals surface area contributed by atoms with E-state index in [1.165, 1.54) is 31.2 Å². The molecule has 1 aliphatic rings. The third kappa shape index (κ3) is 3.88. The van der Waals surface area contributed by atoms with Crippen LogP contribution in [0, 0.1) is 0 Å². The van der Waals surface area contributed by atoms with Gasteiger partial charge in [0.2, 0.25) is 0 Å². The van der Waals surface area contributed by atoms with Crippen LogP contribution in [0.25, 0.3) is 11.3 Å². The highest BCUT2D eigenvalue weighted by atomic mass is 16.3. The maximum absolute atomic E-state index is 12.7. The molecule has 0 atom stereocenters. The zero-order chi connectivity index (χ0) is 20.2. The van der Waals surface area contributed by atoms with E-state index in [0.29, 0.717) is 22.5 Å². The number of aryl methyl sites for hydroxylation is 1. The van der Waals surface area contributed by atoms with Crippen molar-refractivity contribution < 1.29 is 9.90 Å². The molecule has 0 saturated heterocycles. The molecule has 1 aliphatic heterocycles. The summed E-state index contributed by atoms with van der Waals surface area (Å²) in [7, 11) is 0. The SMILES string of the molecule is CCCCCCCc1cccc(-c2[nH]c(O)c3c2C(=O)N=C3c2ccccc2)c1. The van der Waals surface area contributed by atoms with Crippen molar-refractivity contribution >= 4 is 11.6 Å². The van der Waals surface area contributed by atoms with E-state index < -0.39 is 0 Å². The largest absolute Gasteiger partial charge is 0.494 e. The lowest BCUT2D eigenvalue weighted by molar-refractivity contribution is 0.101. The normalized spacial score (nSPS) is 12.9. The monoisotopic (exact) mass is 386 g/mol. The molecule has 29 heavy (non-hydrogen) atoms. The lowest BCUT2D eigenvalue weighted by atomic mass is 9.98. The summed E-state index contributed by atoms with van der Waals surface area (Å²) in [6.07, 6.45) is 7.24. The number of fused-ring (bicyclic) bond motifs is 1. The lowest BCUT2D eigenvalue weighted by Crippen LogP contribution is -1.99. The lowest BCUT2D eigenvalue weighted by Gasteiger charge is -2.06. The fourth-order valence-corrected chi connectivity index (χ4v) is 3.98. The number of nitrogens with one attached hydrogen (secondary N) is 1. The minimum atomic E-state index is -0.310. The Morgan fingerprint density at radius 3 is 2.45 bits per heavy atom. The van der Waals surface area contributed by atoms with Crippen LogP contribution < -0.4 is 0 Å². The maximum Gasteiger partial charge on any atom is 0.280 e. The standard InChI is InChI=1S/C25H26N2O2/c1-2-3-4-5-7-11-17-12-10-15-19(16-17)23-21-20(24(28)27-23)22(26-25(21)29)18-13-8-6-9-14-18/h6,8-10,12-16,27-28H,2-5,7,11H2,1H3. The molecule has 0 spiro atoms. The van der Waals surface area contributed by atoms with Crippen molar-refractivity contribution in [3.63, 3.8) is 0 Å². The van der Waals surface area contributed by atoms with Crippen LogP contribution in [0.5, 0.6) is 5.88 Å². The van der Waals surface area contributed by atoms with E-state index in [0.717, 1.165) is 24.0 Å². The van der Waals surface area contributed by atoms with Gasteiger partial charge in [0.05, 0.1) is 22.5 Å². The Kier molecular flexibility index (Phi) is 5.61. The summed E-state index contributed by atoms with van der Waals surface area (Å²) in [5.41, 5.74) is 5.11. The number of aromatic nitrogens is 1. The quantitative estimate of drug-likeness (QED) is 0.474. The van der Waals surface area contributed by atoms with E-state index >= 15 is 0 Å². The van der Waals surface area contributed by atoms with Crippen molar-refractivity contribution in [2.75, 3.05) is 0 Å². The molecule has 0 saturated carbocycles. The van der Waals surface area contributed by atoms with Gasteiger partial charge in [-0.2, -0.15) is 0 Å². The van der Waals surface area contributed by atoms with Gasteiger partial charge in [0, 0.05) is 5.56 Å². The summed E-state index contributed by atoms with van der Waals surface area (Å²) in [6, 6.07) is 17.7. The second-order valence-electron chi connectivity index (χ2n) is 7.59. The Morgan fingerprint density at radius 2 is 1.66 bits per heavy atom. The second-order valence-corrected chi connectivity index (χ2v) is 7.59. The van der Waals surface area contributed by atoms with Gasteiger partial charge in [0.1, 0.15) is 0 Å². The van der Waals surface area contributed by atoms with Crippen LogP contribution in [-0.2, 0) is 6.42 Å². The van der Waals surface area contributed by atoms with Gasteiger partial charge < -0.3 is 10.1 Å². The Labute approximate surface area is 171 Å². The molecular formula is C25H26N2O2. The average molecular weight is 386 g/mol. The highest BCUT2D eigenvalue weighted by Gasteiger charge is 2.33. The van der Waals surface area contributed by atoms with E-state index in [-0.39, 0.29) is 11.8 Å². The van der Waals surface area contributed by atoms with Gasteiger partial charge >= 0.3 is 0 Å². The van der Waals surface area contributed by atoms with Gasteiger partial charge in [-0.25, -0.2) is 4.99 Å². The molecule has 0 bridgehead atoms. The molecule has 2 N–H and O–H groups in total. The van der Waals surface area contributed by atoms with E-state index in [1.807, 2.05) is 42.5 Å². The number of H-pyrrole nitrogens is 1. The number of unbranched alkanes of at least 4 members (excludes halogenated alkanes) is 4. The van der Waals surface area contributed by atoms with Crippen LogP contribution >= 0.6 is 0 Å². The minimum Gasteiger partial charge on any atom is -0.494 e. The number of carbonyl (C=O) groups excluding carboxylic acids is 1. The fraction of sp³-hybridized carbons (Fsp3) is 0.280. The predicted octanol–water partition coefficient (Wildman–Crippen LogP) is 5.89. The molecule has 0 fully saturated rings. The third-order valence-electron chi connectivity index (χ3n) is 5.48. The highest BCUT2D eigenvalue weighted by molar-refractivity contribution is 6.30. The van der Waals surface area contributed by atoms with E-state index in [1.54, 1.807) is 0 Å². The summed E-state index contributed by atoms with van der Waals surface area (Å²) < 4.78 is 0. The Hall–Kier alpha value is -3.14. The van der Waals surface area contributed by atoms with Crippen LogP contribution in [0.2, 0.25) is 0 Å². The van der Waals surface area contributed by atoms with Crippen LogP contribution in [0.4, 0.5) is 0 Å². The average Bonchev–Trinajstić information content (AvgIpc) is 3.27.